The molecule has 0 aliphatic rings. The lowest BCUT2D eigenvalue weighted by atomic mass is 9.96. The summed E-state index contributed by atoms with van der Waals surface area (Å²) < 4.78 is 20.3. The topological polar surface area (TPSA) is 87.0 Å². The highest BCUT2D eigenvalue weighted by Gasteiger charge is 2.43. The second-order valence-electron chi connectivity index (χ2n) is 8.77. The predicted octanol–water partition coefficient (Wildman–Crippen LogP) is 4.60. The van der Waals surface area contributed by atoms with Crippen molar-refractivity contribution in [2.75, 3.05) is 7.11 Å². The van der Waals surface area contributed by atoms with Gasteiger partial charge >= 0.3 is 0 Å². The maximum atomic E-state index is 15.1. The molecule has 4 aromatic carbocycles. The van der Waals surface area contributed by atoms with E-state index in [0.29, 0.717) is 27.5 Å². The number of hydrogen-bond donors (Lipinski definition) is 3. The van der Waals surface area contributed by atoms with Crippen molar-refractivity contribution in [2.45, 2.75) is 30.4 Å². The van der Waals surface area contributed by atoms with E-state index in [1.165, 1.54) is 0 Å². The van der Waals surface area contributed by atoms with Crippen LogP contribution in [0.5, 0.6) is 5.75 Å². The standard InChI is InChI=1S/C30H31O5P/c1-35-24-19-17-23(18-20-24)29(32)27(31)21-28(30(33)22-11-5-2-6-12-22)36(34,25-13-7-3-8-14-25)26-15-9-4-10-16-26/h2-20,27-33H,21H2,1H3/t27-,28+,29-,30+/m0/s1. The lowest BCUT2D eigenvalue weighted by Crippen LogP contribution is -2.35. The first-order chi connectivity index (χ1) is 17.4. The molecule has 0 radical (unpaired) electrons. The summed E-state index contributed by atoms with van der Waals surface area (Å²) in [5.74, 6) is 0.635. The molecule has 0 aliphatic carbocycles. The molecule has 36 heavy (non-hydrogen) atoms. The van der Waals surface area contributed by atoms with Gasteiger partial charge in [0.15, 0.2) is 0 Å². The fourth-order valence-corrected chi connectivity index (χ4v) is 7.96. The first-order valence-corrected chi connectivity index (χ1v) is 13.7. The molecule has 4 atom stereocenters. The van der Waals surface area contributed by atoms with Crippen molar-refractivity contribution in [1.82, 2.24) is 0 Å². The smallest absolute Gasteiger partial charge is 0.149 e. The molecule has 0 fully saturated rings. The summed E-state index contributed by atoms with van der Waals surface area (Å²) in [6, 6.07) is 34.0. The molecule has 0 aromatic heterocycles. The Labute approximate surface area is 212 Å². The van der Waals surface area contributed by atoms with Gasteiger partial charge in [-0.05, 0) is 29.7 Å². The maximum absolute atomic E-state index is 15.1. The number of methoxy groups -OCH3 is 1. The van der Waals surface area contributed by atoms with Gasteiger partial charge < -0.3 is 24.6 Å². The van der Waals surface area contributed by atoms with E-state index in [4.69, 9.17) is 4.74 Å². The molecular weight excluding hydrogens is 471 g/mol. The Morgan fingerprint density at radius 1 is 0.639 bits per heavy atom. The SMILES string of the molecule is COc1ccc([C@H](O)[C@@H](O)C[C@H]([C@H](O)c2ccccc2)P(=O)(c2ccccc2)c2ccccc2)cc1. The average molecular weight is 503 g/mol. The third-order valence-electron chi connectivity index (χ3n) is 6.56. The fourth-order valence-electron chi connectivity index (χ4n) is 4.58. The van der Waals surface area contributed by atoms with Crippen LogP contribution in [0.2, 0.25) is 0 Å². The van der Waals surface area contributed by atoms with Crippen molar-refractivity contribution in [3.63, 3.8) is 0 Å². The Balaban J connectivity index is 1.79. The molecule has 3 N–H and O–H groups in total. The van der Waals surface area contributed by atoms with Gasteiger partial charge in [0.1, 0.15) is 19.0 Å². The first-order valence-electron chi connectivity index (χ1n) is 11.9. The van der Waals surface area contributed by atoms with Gasteiger partial charge in [0.05, 0.1) is 25.0 Å². The lowest BCUT2D eigenvalue weighted by molar-refractivity contribution is 0.00531. The van der Waals surface area contributed by atoms with Crippen LogP contribution in [0.4, 0.5) is 0 Å². The zero-order valence-electron chi connectivity index (χ0n) is 20.1. The van der Waals surface area contributed by atoms with Crippen LogP contribution in [-0.2, 0) is 4.57 Å². The quantitative estimate of drug-likeness (QED) is 0.276. The van der Waals surface area contributed by atoms with Crippen LogP contribution in [0.25, 0.3) is 0 Å². The van der Waals surface area contributed by atoms with E-state index in [1.54, 1.807) is 67.8 Å². The van der Waals surface area contributed by atoms with Crippen molar-refractivity contribution >= 4 is 17.8 Å². The van der Waals surface area contributed by atoms with Crippen LogP contribution in [0.3, 0.4) is 0 Å². The normalized spacial score (nSPS) is 15.0. The summed E-state index contributed by atoms with van der Waals surface area (Å²) in [7, 11) is -1.94. The van der Waals surface area contributed by atoms with Crippen molar-refractivity contribution in [3.8, 4) is 5.75 Å². The van der Waals surface area contributed by atoms with Crippen molar-refractivity contribution < 1.29 is 24.6 Å². The summed E-state index contributed by atoms with van der Waals surface area (Å²) in [5.41, 5.74) is 0.207. The number of benzene rings is 4. The minimum Gasteiger partial charge on any atom is -0.497 e. The van der Waals surface area contributed by atoms with Crippen LogP contribution in [0.1, 0.15) is 29.8 Å². The highest BCUT2D eigenvalue weighted by atomic mass is 31.2. The second-order valence-corrected chi connectivity index (χ2v) is 11.8. The Morgan fingerprint density at radius 3 is 1.56 bits per heavy atom. The third kappa shape index (κ3) is 5.45. The summed E-state index contributed by atoms with van der Waals surface area (Å²) >= 11 is 0. The maximum Gasteiger partial charge on any atom is 0.149 e. The summed E-state index contributed by atoms with van der Waals surface area (Å²) in [4.78, 5) is 0. The van der Waals surface area contributed by atoms with Crippen LogP contribution in [0, 0.1) is 0 Å². The van der Waals surface area contributed by atoms with Crippen LogP contribution < -0.4 is 15.3 Å². The Kier molecular flexibility index (Phi) is 8.40. The van der Waals surface area contributed by atoms with Gasteiger partial charge in [-0.2, -0.15) is 0 Å². The van der Waals surface area contributed by atoms with Crippen molar-refractivity contribution in [1.29, 1.82) is 0 Å². The second kappa shape index (κ2) is 11.7. The molecule has 0 spiro atoms. The number of ether oxygens (including phenoxy) is 1. The van der Waals surface area contributed by atoms with Crippen molar-refractivity contribution in [2.24, 2.45) is 0 Å². The first kappa shape index (κ1) is 25.9. The molecule has 0 bridgehead atoms. The predicted molar refractivity (Wildman–Crippen MR) is 144 cm³/mol. The molecule has 6 heteroatoms. The van der Waals surface area contributed by atoms with E-state index < -0.39 is 31.1 Å². The minimum absolute atomic E-state index is 0.0929. The number of rotatable bonds is 10. The molecule has 0 saturated carbocycles. The molecule has 186 valence electrons. The molecule has 4 rings (SSSR count). The van der Waals surface area contributed by atoms with Gasteiger partial charge in [0, 0.05) is 10.6 Å². The molecule has 0 amide bonds. The largest absolute Gasteiger partial charge is 0.497 e. The Hall–Kier alpha value is -3.21. The average Bonchev–Trinajstić information content (AvgIpc) is 2.96. The van der Waals surface area contributed by atoms with E-state index in [1.807, 2.05) is 54.6 Å². The Morgan fingerprint density at radius 2 is 1.08 bits per heavy atom. The molecule has 0 aliphatic heterocycles. The Bertz CT molecular complexity index is 1220. The van der Waals surface area contributed by atoms with Crippen LogP contribution in [-0.4, -0.2) is 34.2 Å². The van der Waals surface area contributed by atoms with Gasteiger partial charge in [-0.15, -0.1) is 0 Å². The fraction of sp³-hybridized carbons (Fsp3) is 0.200. The highest BCUT2D eigenvalue weighted by molar-refractivity contribution is 7.79. The number of hydrogen-bond acceptors (Lipinski definition) is 5. The summed E-state index contributed by atoms with van der Waals surface area (Å²) in [6.07, 6.45) is -3.75. The molecule has 0 unspecified atom stereocenters. The lowest BCUT2D eigenvalue weighted by Gasteiger charge is -2.34. The van der Waals surface area contributed by atoms with Crippen LogP contribution in [0.15, 0.2) is 115 Å². The van der Waals surface area contributed by atoms with Gasteiger partial charge in [-0.3, -0.25) is 0 Å². The highest BCUT2D eigenvalue weighted by Crippen LogP contribution is 2.55. The van der Waals surface area contributed by atoms with Gasteiger partial charge in [0.25, 0.3) is 0 Å². The molecule has 5 nitrogen and oxygen atoms in total. The monoisotopic (exact) mass is 502 g/mol. The zero-order valence-corrected chi connectivity index (χ0v) is 21.0. The van der Waals surface area contributed by atoms with Gasteiger partial charge in [-0.1, -0.05) is 103 Å². The van der Waals surface area contributed by atoms with Gasteiger partial charge in [0.2, 0.25) is 0 Å². The number of aliphatic hydroxyl groups excluding tert-OH is 3. The third-order valence-corrected chi connectivity index (χ3v) is 10.1. The summed E-state index contributed by atoms with van der Waals surface area (Å²) in [5, 5.41) is 35.0. The minimum atomic E-state index is -3.49. The van der Waals surface area contributed by atoms with E-state index in [-0.39, 0.29) is 6.42 Å². The molecule has 0 saturated heterocycles. The summed E-state index contributed by atoms with van der Waals surface area (Å²) in [6.45, 7) is 0. The van der Waals surface area contributed by atoms with Crippen LogP contribution >= 0.6 is 7.14 Å². The molecular formula is C30H31O5P. The van der Waals surface area contributed by atoms with Gasteiger partial charge in [-0.25, -0.2) is 0 Å². The van der Waals surface area contributed by atoms with E-state index in [0.717, 1.165) is 0 Å². The number of aliphatic hydroxyl groups is 3. The van der Waals surface area contributed by atoms with E-state index in [2.05, 4.69) is 0 Å². The van der Waals surface area contributed by atoms with E-state index >= 15 is 4.57 Å². The molecule has 0 heterocycles. The molecule has 4 aromatic rings. The zero-order chi connectivity index (χ0) is 25.5. The van der Waals surface area contributed by atoms with Crippen molar-refractivity contribution in [3.05, 3.63) is 126 Å². The van der Waals surface area contributed by atoms with E-state index in [9.17, 15) is 15.3 Å².